The molecule has 2 N–H and O–H groups in total. The maximum absolute atomic E-state index is 11.3. The highest BCUT2D eigenvalue weighted by Gasteiger charge is 2.25. The quantitative estimate of drug-likeness (QED) is 0.596. The molecular weight excluding hydrogens is 168 g/mol. The van der Waals surface area contributed by atoms with Crippen LogP contribution in [-0.2, 0) is 9.59 Å². The molecule has 1 aliphatic heterocycles. The molecule has 4 nitrogen and oxygen atoms in total. The first kappa shape index (κ1) is 10.2. The van der Waals surface area contributed by atoms with Crippen LogP contribution < -0.4 is 10.6 Å². The van der Waals surface area contributed by atoms with E-state index in [1.807, 2.05) is 0 Å². The third-order valence-corrected chi connectivity index (χ3v) is 2.24. The molecule has 2 atom stereocenters. The number of amides is 1. The summed E-state index contributed by atoms with van der Waals surface area (Å²) in [5, 5.41) is 5.72. The van der Waals surface area contributed by atoms with Crippen molar-refractivity contribution < 1.29 is 9.59 Å². The molecule has 0 bridgehead atoms. The molecule has 1 aliphatic rings. The van der Waals surface area contributed by atoms with Gasteiger partial charge in [-0.05, 0) is 6.42 Å². The molecule has 13 heavy (non-hydrogen) atoms. The van der Waals surface area contributed by atoms with Crippen molar-refractivity contribution in [1.29, 1.82) is 0 Å². The summed E-state index contributed by atoms with van der Waals surface area (Å²) in [6.07, 6.45) is 3.74. The van der Waals surface area contributed by atoms with Crippen LogP contribution in [0.5, 0.6) is 0 Å². The first-order chi connectivity index (χ1) is 6.27. The van der Waals surface area contributed by atoms with Crippen molar-refractivity contribution in [3.05, 3.63) is 0 Å². The second kappa shape index (κ2) is 4.97. The maximum Gasteiger partial charge on any atom is 0.237 e. The van der Waals surface area contributed by atoms with Crippen molar-refractivity contribution in [3.63, 3.8) is 0 Å². The van der Waals surface area contributed by atoms with Crippen LogP contribution in [0.15, 0.2) is 0 Å². The zero-order valence-electron chi connectivity index (χ0n) is 7.88. The zero-order chi connectivity index (χ0) is 9.68. The van der Waals surface area contributed by atoms with E-state index in [2.05, 4.69) is 17.6 Å². The summed E-state index contributed by atoms with van der Waals surface area (Å²) in [4.78, 5) is 21.7. The van der Waals surface area contributed by atoms with Crippen LogP contribution in [0.4, 0.5) is 0 Å². The number of unbranched alkanes of at least 4 members (excludes halogenated alkanes) is 1. The van der Waals surface area contributed by atoms with Crippen molar-refractivity contribution in [2.24, 2.45) is 0 Å². The highest BCUT2D eigenvalue weighted by Crippen LogP contribution is 2.03. The van der Waals surface area contributed by atoms with E-state index < -0.39 is 0 Å². The number of carbonyl (C=O) groups is 2. The van der Waals surface area contributed by atoms with E-state index in [4.69, 9.17) is 0 Å². The molecule has 0 aromatic heterocycles. The fourth-order valence-electron chi connectivity index (χ4n) is 1.42. The Kier molecular flexibility index (Phi) is 3.89. The Bertz CT molecular complexity index is 194. The Morgan fingerprint density at radius 3 is 2.92 bits per heavy atom. The van der Waals surface area contributed by atoms with Crippen molar-refractivity contribution in [2.45, 2.75) is 38.3 Å². The molecule has 1 saturated heterocycles. The van der Waals surface area contributed by atoms with Gasteiger partial charge in [0.15, 0.2) is 0 Å². The Labute approximate surface area is 78.1 Å². The van der Waals surface area contributed by atoms with Crippen LogP contribution in [-0.4, -0.2) is 30.8 Å². The summed E-state index contributed by atoms with van der Waals surface area (Å²) in [5.74, 6) is -0.0446. The lowest BCUT2D eigenvalue weighted by Crippen LogP contribution is -2.58. The lowest BCUT2D eigenvalue weighted by molar-refractivity contribution is -0.128. The van der Waals surface area contributed by atoms with Crippen LogP contribution in [0.3, 0.4) is 0 Å². The van der Waals surface area contributed by atoms with E-state index in [9.17, 15) is 9.59 Å². The van der Waals surface area contributed by atoms with Gasteiger partial charge in [-0.2, -0.15) is 0 Å². The summed E-state index contributed by atoms with van der Waals surface area (Å²) < 4.78 is 0. The Balaban J connectivity index is 2.35. The van der Waals surface area contributed by atoms with Crippen molar-refractivity contribution in [3.8, 4) is 0 Å². The minimum atomic E-state index is -0.342. The van der Waals surface area contributed by atoms with Gasteiger partial charge < -0.3 is 15.4 Å². The van der Waals surface area contributed by atoms with Crippen molar-refractivity contribution in [2.75, 3.05) is 6.54 Å². The first-order valence-electron chi connectivity index (χ1n) is 4.77. The van der Waals surface area contributed by atoms with E-state index in [1.165, 1.54) is 0 Å². The molecule has 0 radical (unpaired) electrons. The standard InChI is InChI=1S/C9H16N2O2/c1-2-3-4-8-9(13)11-7(6-12)5-10-8/h6-8,10H,2-5H2,1H3,(H,11,13)/t7-,8+/m1/s1. The van der Waals surface area contributed by atoms with Gasteiger partial charge in [-0.25, -0.2) is 0 Å². The van der Waals surface area contributed by atoms with Gasteiger partial charge in [0.2, 0.25) is 5.91 Å². The Hall–Kier alpha value is -0.900. The second-order valence-corrected chi connectivity index (χ2v) is 3.35. The van der Waals surface area contributed by atoms with Crippen LogP contribution in [0.2, 0.25) is 0 Å². The molecule has 1 fully saturated rings. The summed E-state index contributed by atoms with van der Waals surface area (Å²) >= 11 is 0. The lowest BCUT2D eigenvalue weighted by atomic mass is 10.1. The third kappa shape index (κ3) is 2.81. The van der Waals surface area contributed by atoms with E-state index in [0.29, 0.717) is 6.54 Å². The number of hydrogen-bond donors (Lipinski definition) is 2. The van der Waals surface area contributed by atoms with Gasteiger partial charge in [-0.15, -0.1) is 0 Å². The Morgan fingerprint density at radius 2 is 2.38 bits per heavy atom. The van der Waals surface area contributed by atoms with E-state index in [0.717, 1.165) is 25.5 Å². The SMILES string of the molecule is CCCC[C@@H]1NC[C@H](C=O)NC1=O. The molecule has 1 heterocycles. The van der Waals surface area contributed by atoms with Crippen molar-refractivity contribution in [1.82, 2.24) is 10.6 Å². The first-order valence-corrected chi connectivity index (χ1v) is 4.77. The molecule has 1 amide bonds. The minimum Gasteiger partial charge on any atom is -0.344 e. The molecule has 0 unspecified atom stereocenters. The molecule has 0 aromatic rings. The highest BCUT2D eigenvalue weighted by molar-refractivity contribution is 5.85. The second-order valence-electron chi connectivity index (χ2n) is 3.35. The average molecular weight is 184 g/mol. The molecule has 0 spiro atoms. The Morgan fingerprint density at radius 1 is 1.62 bits per heavy atom. The molecule has 74 valence electrons. The van der Waals surface area contributed by atoms with Crippen LogP contribution in [0, 0.1) is 0 Å². The van der Waals surface area contributed by atoms with Gasteiger partial charge in [0, 0.05) is 6.54 Å². The lowest BCUT2D eigenvalue weighted by Gasteiger charge is -2.27. The van der Waals surface area contributed by atoms with E-state index in [-0.39, 0.29) is 18.0 Å². The summed E-state index contributed by atoms with van der Waals surface area (Å²) in [7, 11) is 0. The zero-order valence-corrected chi connectivity index (χ0v) is 7.88. The molecule has 0 aromatic carbocycles. The average Bonchev–Trinajstić information content (AvgIpc) is 2.16. The van der Waals surface area contributed by atoms with Gasteiger partial charge in [0.25, 0.3) is 0 Å². The fraction of sp³-hybridized carbons (Fsp3) is 0.778. The number of aldehydes is 1. The highest BCUT2D eigenvalue weighted by atomic mass is 16.2. The molecule has 4 heteroatoms. The van der Waals surface area contributed by atoms with Crippen LogP contribution in [0.25, 0.3) is 0 Å². The molecule has 0 saturated carbocycles. The van der Waals surface area contributed by atoms with Gasteiger partial charge in [-0.1, -0.05) is 19.8 Å². The van der Waals surface area contributed by atoms with Crippen molar-refractivity contribution >= 4 is 12.2 Å². The smallest absolute Gasteiger partial charge is 0.237 e. The predicted molar refractivity (Wildman–Crippen MR) is 49.3 cm³/mol. The minimum absolute atomic E-state index is 0.0446. The van der Waals surface area contributed by atoms with Gasteiger partial charge >= 0.3 is 0 Å². The predicted octanol–water partition coefficient (Wildman–Crippen LogP) is -0.168. The topological polar surface area (TPSA) is 58.2 Å². The van der Waals surface area contributed by atoms with Gasteiger partial charge in [-0.3, -0.25) is 4.79 Å². The number of nitrogens with one attached hydrogen (secondary N) is 2. The molecular formula is C9H16N2O2. The summed E-state index contributed by atoms with van der Waals surface area (Å²) in [6, 6.07) is -0.443. The largest absolute Gasteiger partial charge is 0.344 e. The molecule has 0 aliphatic carbocycles. The normalized spacial score (nSPS) is 28.2. The fourth-order valence-corrected chi connectivity index (χ4v) is 1.42. The number of carbonyl (C=O) groups excluding carboxylic acids is 2. The number of rotatable bonds is 4. The van der Waals surface area contributed by atoms with E-state index in [1.54, 1.807) is 0 Å². The van der Waals surface area contributed by atoms with E-state index >= 15 is 0 Å². The maximum atomic E-state index is 11.3. The van der Waals surface area contributed by atoms with Gasteiger partial charge in [0.05, 0.1) is 12.1 Å². The summed E-state index contributed by atoms with van der Waals surface area (Å²) in [5.41, 5.74) is 0. The van der Waals surface area contributed by atoms with Crippen LogP contribution in [0.1, 0.15) is 26.2 Å². The van der Waals surface area contributed by atoms with Gasteiger partial charge in [0.1, 0.15) is 6.29 Å². The number of hydrogen-bond acceptors (Lipinski definition) is 3. The molecule has 1 rings (SSSR count). The third-order valence-electron chi connectivity index (χ3n) is 2.24. The monoisotopic (exact) mass is 184 g/mol. The number of piperazine rings is 1. The summed E-state index contributed by atoms with van der Waals surface area (Å²) in [6.45, 7) is 2.65. The van der Waals surface area contributed by atoms with Crippen LogP contribution >= 0.6 is 0 Å².